The lowest BCUT2D eigenvalue weighted by Crippen LogP contribution is -2.32. The summed E-state index contributed by atoms with van der Waals surface area (Å²) in [5, 5.41) is 6.26. The van der Waals surface area contributed by atoms with Crippen molar-refractivity contribution in [2.24, 2.45) is 0 Å². The number of ether oxygens (including phenoxy) is 1. The second-order valence-electron chi connectivity index (χ2n) is 5.47. The van der Waals surface area contributed by atoms with Gasteiger partial charge in [-0.2, -0.15) is 0 Å². The predicted octanol–water partition coefficient (Wildman–Crippen LogP) is 2.60. The van der Waals surface area contributed by atoms with Crippen LogP contribution in [0.1, 0.15) is 11.1 Å². The molecule has 0 fully saturated rings. The van der Waals surface area contributed by atoms with Crippen molar-refractivity contribution in [1.29, 1.82) is 0 Å². The molecule has 4 rings (SSSR count). The van der Waals surface area contributed by atoms with Gasteiger partial charge in [0.2, 0.25) is 5.91 Å². The summed E-state index contributed by atoms with van der Waals surface area (Å²) < 4.78 is 5.48. The van der Waals surface area contributed by atoms with Crippen molar-refractivity contribution in [3.63, 3.8) is 0 Å². The lowest BCUT2D eigenvalue weighted by Gasteiger charge is -2.12. The number of hydrogen-bond donors (Lipinski definition) is 2. The smallest absolute Gasteiger partial charge is 0.247 e. The van der Waals surface area contributed by atoms with Gasteiger partial charge in [-0.15, -0.1) is 0 Å². The third-order valence-electron chi connectivity index (χ3n) is 4.04. The zero-order valence-corrected chi connectivity index (χ0v) is 11.6. The van der Waals surface area contributed by atoms with E-state index >= 15 is 0 Å². The van der Waals surface area contributed by atoms with Gasteiger partial charge in [0.05, 0.1) is 6.61 Å². The van der Waals surface area contributed by atoms with Gasteiger partial charge in [-0.05, 0) is 35.4 Å². The highest BCUT2D eigenvalue weighted by Crippen LogP contribution is 2.29. The minimum atomic E-state index is -0.202. The van der Waals surface area contributed by atoms with E-state index in [-0.39, 0.29) is 11.9 Å². The average Bonchev–Trinajstić information content (AvgIpc) is 3.13. The van der Waals surface area contributed by atoms with Gasteiger partial charge in [-0.25, -0.2) is 0 Å². The molecule has 4 nitrogen and oxygen atoms in total. The van der Waals surface area contributed by atoms with Crippen molar-refractivity contribution in [2.75, 3.05) is 17.2 Å². The lowest BCUT2D eigenvalue weighted by molar-refractivity contribution is -0.116. The molecule has 106 valence electrons. The van der Waals surface area contributed by atoms with Crippen LogP contribution < -0.4 is 15.4 Å². The number of fused-ring (bicyclic) bond motifs is 2. The highest BCUT2D eigenvalue weighted by atomic mass is 16.5. The molecule has 0 saturated carbocycles. The first-order chi connectivity index (χ1) is 10.3. The van der Waals surface area contributed by atoms with Crippen molar-refractivity contribution in [2.45, 2.75) is 18.9 Å². The molecule has 4 heteroatoms. The van der Waals surface area contributed by atoms with Crippen LogP contribution in [0.5, 0.6) is 5.75 Å². The number of carbonyl (C=O) groups is 1. The Balaban J connectivity index is 1.47. The summed E-state index contributed by atoms with van der Waals surface area (Å²) >= 11 is 0. The number of amides is 1. The fraction of sp³-hybridized carbons (Fsp3) is 0.235. The number of carbonyl (C=O) groups excluding carboxylic acids is 1. The molecule has 2 aromatic carbocycles. The molecule has 2 aliphatic rings. The topological polar surface area (TPSA) is 50.4 Å². The first-order valence-corrected chi connectivity index (χ1v) is 7.21. The van der Waals surface area contributed by atoms with E-state index in [0.717, 1.165) is 42.1 Å². The Bertz CT molecular complexity index is 687. The second kappa shape index (κ2) is 4.81. The van der Waals surface area contributed by atoms with Crippen molar-refractivity contribution in [3.8, 4) is 5.75 Å². The zero-order valence-electron chi connectivity index (χ0n) is 11.6. The van der Waals surface area contributed by atoms with Crippen LogP contribution in [0.2, 0.25) is 0 Å². The molecule has 1 amide bonds. The minimum absolute atomic E-state index is 0.00469. The summed E-state index contributed by atoms with van der Waals surface area (Å²) in [5.74, 6) is 0.935. The molecule has 0 aliphatic carbocycles. The van der Waals surface area contributed by atoms with E-state index in [0.29, 0.717) is 0 Å². The summed E-state index contributed by atoms with van der Waals surface area (Å²) in [6, 6.07) is 13.7. The Labute approximate surface area is 123 Å². The van der Waals surface area contributed by atoms with Crippen LogP contribution in [0.4, 0.5) is 11.4 Å². The van der Waals surface area contributed by atoms with Crippen molar-refractivity contribution < 1.29 is 9.53 Å². The van der Waals surface area contributed by atoms with E-state index < -0.39 is 0 Å². The lowest BCUT2D eigenvalue weighted by atomic mass is 10.1. The highest BCUT2D eigenvalue weighted by Gasteiger charge is 2.26. The number of hydrogen-bond acceptors (Lipinski definition) is 3. The SMILES string of the molecule is O=C(Nc1ccc2c(c1)CCO2)[C@@H]1Cc2ccccc2N1. The largest absolute Gasteiger partial charge is 0.493 e. The quantitative estimate of drug-likeness (QED) is 0.889. The monoisotopic (exact) mass is 280 g/mol. The number of rotatable bonds is 2. The number of para-hydroxylation sites is 1. The Kier molecular flexibility index (Phi) is 2.81. The first-order valence-electron chi connectivity index (χ1n) is 7.21. The van der Waals surface area contributed by atoms with Gasteiger partial charge in [0.1, 0.15) is 11.8 Å². The van der Waals surface area contributed by atoms with E-state index in [9.17, 15) is 4.79 Å². The van der Waals surface area contributed by atoms with Crippen LogP contribution >= 0.6 is 0 Å². The predicted molar refractivity (Wildman–Crippen MR) is 81.8 cm³/mol. The molecule has 0 bridgehead atoms. The van der Waals surface area contributed by atoms with Crippen LogP contribution in [-0.4, -0.2) is 18.6 Å². The van der Waals surface area contributed by atoms with Gasteiger partial charge < -0.3 is 15.4 Å². The van der Waals surface area contributed by atoms with E-state index in [2.05, 4.69) is 16.7 Å². The molecular formula is C17H16N2O2. The summed E-state index contributed by atoms with van der Waals surface area (Å²) in [6.45, 7) is 0.728. The third-order valence-corrected chi connectivity index (χ3v) is 4.04. The van der Waals surface area contributed by atoms with Crippen molar-refractivity contribution >= 4 is 17.3 Å². The number of benzene rings is 2. The molecule has 2 heterocycles. The highest BCUT2D eigenvalue weighted by molar-refractivity contribution is 5.98. The molecule has 0 aromatic heterocycles. The van der Waals surface area contributed by atoms with Gasteiger partial charge in [-0.3, -0.25) is 4.79 Å². The average molecular weight is 280 g/mol. The van der Waals surface area contributed by atoms with Crippen LogP contribution in [0.3, 0.4) is 0 Å². The summed E-state index contributed by atoms with van der Waals surface area (Å²) in [6.07, 6.45) is 1.64. The maximum Gasteiger partial charge on any atom is 0.247 e. The van der Waals surface area contributed by atoms with Gasteiger partial charge in [0, 0.05) is 24.2 Å². The van der Waals surface area contributed by atoms with Gasteiger partial charge in [0.25, 0.3) is 0 Å². The molecule has 0 saturated heterocycles. The van der Waals surface area contributed by atoms with E-state index in [1.807, 2.05) is 36.4 Å². The second-order valence-corrected chi connectivity index (χ2v) is 5.47. The summed E-state index contributed by atoms with van der Waals surface area (Å²) in [5.41, 5.74) is 4.25. The molecule has 2 aliphatic heterocycles. The van der Waals surface area contributed by atoms with Crippen molar-refractivity contribution in [3.05, 3.63) is 53.6 Å². The standard InChI is InChI=1S/C17H16N2O2/c20-17(15-10-11-3-1-2-4-14(11)19-15)18-13-5-6-16-12(9-13)7-8-21-16/h1-6,9,15,19H,7-8,10H2,(H,18,20)/t15-/m0/s1. The van der Waals surface area contributed by atoms with Crippen molar-refractivity contribution in [1.82, 2.24) is 0 Å². The number of nitrogens with one attached hydrogen (secondary N) is 2. The third kappa shape index (κ3) is 2.23. The van der Waals surface area contributed by atoms with Crippen LogP contribution in [-0.2, 0) is 17.6 Å². The molecule has 1 atom stereocenters. The van der Waals surface area contributed by atoms with Gasteiger partial charge in [0.15, 0.2) is 0 Å². The molecule has 0 unspecified atom stereocenters. The summed E-state index contributed by atoms with van der Waals surface area (Å²) in [7, 11) is 0. The maximum atomic E-state index is 12.4. The maximum absolute atomic E-state index is 12.4. The Hall–Kier alpha value is -2.49. The van der Waals surface area contributed by atoms with Crippen LogP contribution in [0.25, 0.3) is 0 Å². The van der Waals surface area contributed by atoms with Gasteiger partial charge >= 0.3 is 0 Å². The van der Waals surface area contributed by atoms with Crippen LogP contribution in [0, 0.1) is 0 Å². The Morgan fingerprint density at radius 3 is 3.00 bits per heavy atom. The normalized spacial score (nSPS) is 18.4. The molecule has 2 N–H and O–H groups in total. The zero-order chi connectivity index (χ0) is 14.2. The van der Waals surface area contributed by atoms with Gasteiger partial charge in [-0.1, -0.05) is 18.2 Å². The fourth-order valence-corrected chi connectivity index (χ4v) is 2.95. The molecule has 0 radical (unpaired) electrons. The van der Waals surface area contributed by atoms with E-state index in [1.54, 1.807) is 0 Å². The molecular weight excluding hydrogens is 264 g/mol. The molecule has 0 spiro atoms. The first kappa shape index (κ1) is 12.3. The van der Waals surface area contributed by atoms with E-state index in [1.165, 1.54) is 5.56 Å². The fourth-order valence-electron chi connectivity index (χ4n) is 2.95. The summed E-state index contributed by atoms with van der Waals surface area (Å²) in [4.78, 5) is 12.4. The van der Waals surface area contributed by atoms with Crippen LogP contribution in [0.15, 0.2) is 42.5 Å². The minimum Gasteiger partial charge on any atom is -0.493 e. The molecule has 2 aromatic rings. The Morgan fingerprint density at radius 1 is 1.19 bits per heavy atom. The Morgan fingerprint density at radius 2 is 2.10 bits per heavy atom. The number of anilines is 2. The van der Waals surface area contributed by atoms with E-state index in [4.69, 9.17) is 4.74 Å². The molecule has 21 heavy (non-hydrogen) atoms.